The fourth-order valence-corrected chi connectivity index (χ4v) is 0.689. The summed E-state index contributed by atoms with van der Waals surface area (Å²) >= 11 is 0. The van der Waals surface area contributed by atoms with E-state index in [4.69, 9.17) is 5.73 Å². The van der Waals surface area contributed by atoms with Gasteiger partial charge in [0.15, 0.2) is 0 Å². The van der Waals surface area contributed by atoms with Crippen molar-refractivity contribution in [3.05, 3.63) is 5.82 Å². The SMILES string of the molecule is CC(C)(c1nc(N)n[nH]1)C(F)(F)F. The third-order valence-electron chi connectivity index (χ3n) is 1.80. The van der Waals surface area contributed by atoms with Crippen LogP contribution in [0, 0.1) is 0 Å². The molecule has 0 radical (unpaired) electrons. The molecule has 1 heterocycles. The molecule has 0 aromatic carbocycles. The number of halogens is 3. The van der Waals surface area contributed by atoms with Crippen LogP contribution in [0.15, 0.2) is 0 Å². The molecule has 0 bridgehead atoms. The summed E-state index contributed by atoms with van der Waals surface area (Å²) in [5, 5.41) is 5.48. The molecule has 4 nitrogen and oxygen atoms in total. The molecule has 0 aliphatic rings. The molecule has 0 amide bonds. The number of aromatic nitrogens is 3. The van der Waals surface area contributed by atoms with Crippen molar-refractivity contribution in [2.45, 2.75) is 25.4 Å². The maximum atomic E-state index is 12.4. The lowest BCUT2D eigenvalue weighted by Gasteiger charge is -2.24. The van der Waals surface area contributed by atoms with Gasteiger partial charge in [-0.25, -0.2) is 0 Å². The van der Waals surface area contributed by atoms with Gasteiger partial charge in [-0.15, -0.1) is 5.10 Å². The second-order valence-electron chi connectivity index (χ2n) is 3.16. The third-order valence-corrected chi connectivity index (χ3v) is 1.80. The van der Waals surface area contributed by atoms with Crippen molar-refractivity contribution < 1.29 is 13.2 Å². The summed E-state index contributed by atoms with van der Waals surface area (Å²) < 4.78 is 37.2. The van der Waals surface area contributed by atoms with Crippen LogP contribution in [0.4, 0.5) is 19.1 Å². The normalized spacial score (nSPS) is 13.3. The van der Waals surface area contributed by atoms with Crippen molar-refractivity contribution in [1.29, 1.82) is 0 Å². The summed E-state index contributed by atoms with van der Waals surface area (Å²) in [4.78, 5) is 3.44. The Labute approximate surface area is 72.3 Å². The molecule has 74 valence electrons. The van der Waals surface area contributed by atoms with Crippen molar-refractivity contribution in [2.75, 3.05) is 5.73 Å². The van der Waals surface area contributed by atoms with Crippen molar-refractivity contribution in [3.8, 4) is 0 Å². The highest BCUT2D eigenvalue weighted by Crippen LogP contribution is 2.38. The highest BCUT2D eigenvalue weighted by molar-refractivity contribution is 5.18. The predicted octanol–water partition coefficient (Wildman–Crippen LogP) is 1.23. The summed E-state index contributed by atoms with van der Waals surface area (Å²) in [5.74, 6) is -0.468. The van der Waals surface area contributed by atoms with E-state index >= 15 is 0 Å². The fourth-order valence-electron chi connectivity index (χ4n) is 0.689. The summed E-state index contributed by atoms with van der Waals surface area (Å²) in [7, 11) is 0. The Bertz CT molecular complexity index is 301. The van der Waals surface area contributed by atoms with Crippen LogP contribution < -0.4 is 5.73 Å². The summed E-state index contributed by atoms with van der Waals surface area (Å²) in [6.07, 6.45) is -4.38. The Morgan fingerprint density at radius 2 is 1.85 bits per heavy atom. The molecule has 0 fully saturated rings. The summed E-state index contributed by atoms with van der Waals surface area (Å²) in [5.41, 5.74) is 3.04. The number of anilines is 1. The van der Waals surface area contributed by atoms with Crippen LogP contribution in [0.25, 0.3) is 0 Å². The average Bonchev–Trinajstić information content (AvgIpc) is 2.33. The number of H-pyrrole nitrogens is 1. The highest BCUT2D eigenvalue weighted by Gasteiger charge is 2.50. The molecule has 0 unspecified atom stereocenters. The molecule has 1 rings (SSSR count). The Hall–Kier alpha value is -1.27. The molecule has 1 aromatic heterocycles. The lowest BCUT2D eigenvalue weighted by Crippen LogP contribution is -2.37. The van der Waals surface area contributed by atoms with Crippen molar-refractivity contribution in [1.82, 2.24) is 15.2 Å². The number of nitrogens with zero attached hydrogens (tertiary/aromatic N) is 2. The molecule has 0 saturated heterocycles. The van der Waals surface area contributed by atoms with Gasteiger partial charge in [0.1, 0.15) is 11.2 Å². The van der Waals surface area contributed by atoms with Crippen LogP contribution in [0.5, 0.6) is 0 Å². The van der Waals surface area contributed by atoms with Gasteiger partial charge in [0.05, 0.1) is 0 Å². The number of aromatic amines is 1. The van der Waals surface area contributed by atoms with Crippen LogP contribution in [0.3, 0.4) is 0 Å². The third kappa shape index (κ3) is 1.58. The van der Waals surface area contributed by atoms with E-state index < -0.39 is 11.6 Å². The number of nitrogens with one attached hydrogen (secondary N) is 1. The van der Waals surface area contributed by atoms with Gasteiger partial charge in [-0.3, -0.25) is 5.10 Å². The van der Waals surface area contributed by atoms with Crippen molar-refractivity contribution >= 4 is 5.95 Å². The summed E-state index contributed by atoms with van der Waals surface area (Å²) in [6.45, 7) is 2.01. The zero-order valence-corrected chi connectivity index (χ0v) is 7.11. The van der Waals surface area contributed by atoms with Gasteiger partial charge in [-0.05, 0) is 13.8 Å². The van der Waals surface area contributed by atoms with E-state index in [1.165, 1.54) is 0 Å². The van der Waals surface area contributed by atoms with Crippen molar-refractivity contribution in [3.63, 3.8) is 0 Å². The fraction of sp³-hybridized carbons (Fsp3) is 0.667. The molecule has 0 saturated carbocycles. The minimum atomic E-state index is -4.38. The van der Waals surface area contributed by atoms with Gasteiger partial charge >= 0.3 is 6.18 Å². The smallest absolute Gasteiger partial charge is 0.367 e. The van der Waals surface area contributed by atoms with E-state index in [1.807, 2.05) is 0 Å². The van der Waals surface area contributed by atoms with Crippen LogP contribution in [-0.2, 0) is 5.41 Å². The molecule has 7 heteroatoms. The van der Waals surface area contributed by atoms with Gasteiger partial charge < -0.3 is 5.73 Å². The number of rotatable bonds is 1. The largest absolute Gasteiger partial charge is 0.400 e. The van der Waals surface area contributed by atoms with E-state index in [-0.39, 0.29) is 11.8 Å². The molecular weight excluding hydrogens is 185 g/mol. The van der Waals surface area contributed by atoms with E-state index in [2.05, 4.69) is 15.2 Å². The molecule has 0 spiro atoms. The standard InChI is InChI=1S/C6H9F3N4/c1-5(2,6(7,8)9)3-11-4(10)13-12-3/h1-2H3,(H3,10,11,12,13). The zero-order chi connectivity index (χ0) is 10.3. The lowest BCUT2D eigenvalue weighted by atomic mass is 9.92. The van der Waals surface area contributed by atoms with Gasteiger partial charge in [0.2, 0.25) is 5.95 Å². The second-order valence-corrected chi connectivity index (χ2v) is 3.16. The van der Waals surface area contributed by atoms with Gasteiger partial charge in [0.25, 0.3) is 0 Å². The average molecular weight is 194 g/mol. The molecule has 1 aromatic rings. The molecule has 3 N–H and O–H groups in total. The lowest BCUT2D eigenvalue weighted by molar-refractivity contribution is -0.182. The minimum absolute atomic E-state index is 0.188. The molecule has 13 heavy (non-hydrogen) atoms. The molecule has 0 aliphatic heterocycles. The Morgan fingerprint density at radius 3 is 2.15 bits per heavy atom. The first kappa shape index (κ1) is 9.82. The van der Waals surface area contributed by atoms with E-state index in [9.17, 15) is 13.2 Å². The Kier molecular flexibility index (Phi) is 1.97. The van der Waals surface area contributed by atoms with Crippen LogP contribution >= 0.6 is 0 Å². The first-order chi connectivity index (χ1) is 5.75. The Morgan fingerprint density at radius 1 is 1.31 bits per heavy atom. The highest BCUT2D eigenvalue weighted by atomic mass is 19.4. The summed E-state index contributed by atoms with van der Waals surface area (Å²) in [6, 6.07) is 0. The monoisotopic (exact) mass is 194 g/mol. The number of nitrogen functional groups attached to an aromatic ring is 1. The van der Waals surface area contributed by atoms with E-state index in [0.717, 1.165) is 13.8 Å². The van der Waals surface area contributed by atoms with Crippen LogP contribution in [0.1, 0.15) is 19.7 Å². The van der Waals surface area contributed by atoms with Crippen LogP contribution in [0.2, 0.25) is 0 Å². The topological polar surface area (TPSA) is 67.6 Å². The quantitative estimate of drug-likeness (QED) is 0.706. The maximum absolute atomic E-state index is 12.4. The molecular formula is C6H9F3N4. The van der Waals surface area contributed by atoms with Crippen molar-refractivity contribution in [2.24, 2.45) is 0 Å². The van der Waals surface area contributed by atoms with Gasteiger partial charge in [-0.1, -0.05) is 0 Å². The number of alkyl halides is 3. The molecule has 0 atom stereocenters. The molecule has 0 aliphatic carbocycles. The number of hydrogen-bond acceptors (Lipinski definition) is 3. The number of hydrogen-bond donors (Lipinski definition) is 2. The first-order valence-electron chi connectivity index (χ1n) is 3.50. The predicted molar refractivity (Wildman–Crippen MR) is 39.9 cm³/mol. The second kappa shape index (κ2) is 2.61. The Balaban J connectivity index is 3.07. The number of nitrogens with two attached hydrogens (primary N) is 1. The van der Waals surface area contributed by atoms with Gasteiger partial charge in [0, 0.05) is 0 Å². The minimum Gasteiger partial charge on any atom is -0.367 e. The van der Waals surface area contributed by atoms with E-state index in [0.29, 0.717) is 0 Å². The first-order valence-corrected chi connectivity index (χ1v) is 3.50. The van der Waals surface area contributed by atoms with E-state index in [1.54, 1.807) is 0 Å². The zero-order valence-electron chi connectivity index (χ0n) is 7.11. The van der Waals surface area contributed by atoms with Gasteiger partial charge in [-0.2, -0.15) is 18.2 Å². The van der Waals surface area contributed by atoms with Crippen LogP contribution in [-0.4, -0.2) is 21.4 Å². The maximum Gasteiger partial charge on any atom is 0.400 e.